The van der Waals surface area contributed by atoms with Crippen LogP contribution in [0.3, 0.4) is 0 Å². The summed E-state index contributed by atoms with van der Waals surface area (Å²) in [5.74, 6) is -0.169. The first-order valence-corrected chi connectivity index (χ1v) is 9.92. The van der Waals surface area contributed by atoms with Crippen molar-refractivity contribution in [2.75, 3.05) is 18.1 Å². The minimum Gasteiger partial charge on any atom is -0.356 e. The second kappa shape index (κ2) is 8.61. The van der Waals surface area contributed by atoms with E-state index in [9.17, 15) is 17.2 Å². The molecule has 3 rings (SSSR count). The number of hydrogen-bond donors (Lipinski definition) is 2. The summed E-state index contributed by atoms with van der Waals surface area (Å²) in [6, 6.07) is 3.71. The number of nitrogens with zero attached hydrogens (tertiary/aromatic N) is 1. The van der Waals surface area contributed by atoms with Crippen LogP contribution in [0.2, 0.25) is 0 Å². The molecule has 0 amide bonds. The maximum absolute atomic E-state index is 13.2. The summed E-state index contributed by atoms with van der Waals surface area (Å²) in [5, 5.41) is 6.39. The Kier molecular flexibility index (Phi) is 7.01. The Morgan fingerprint density at radius 3 is 2.40 bits per heavy atom. The number of benzene rings is 1. The lowest BCUT2D eigenvalue weighted by Gasteiger charge is -2.15. The average Bonchev–Trinajstić information content (AvgIpc) is 3.23. The molecule has 1 saturated carbocycles. The van der Waals surface area contributed by atoms with E-state index >= 15 is 0 Å². The molecule has 25 heavy (non-hydrogen) atoms. The molecule has 1 aromatic rings. The van der Waals surface area contributed by atoms with Gasteiger partial charge in [-0.1, -0.05) is 0 Å². The van der Waals surface area contributed by atoms with Crippen molar-refractivity contribution in [1.82, 2.24) is 10.6 Å². The summed E-state index contributed by atoms with van der Waals surface area (Å²) < 4.78 is 49.4. The van der Waals surface area contributed by atoms with Gasteiger partial charge < -0.3 is 10.6 Å². The third-order valence-corrected chi connectivity index (χ3v) is 5.98. The van der Waals surface area contributed by atoms with E-state index in [0.29, 0.717) is 30.5 Å². The van der Waals surface area contributed by atoms with Gasteiger partial charge in [-0.2, -0.15) is 0 Å². The summed E-state index contributed by atoms with van der Waals surface area (Å²) in [7, 11) is -2.90. The highest BCUT2D eigenvalue weighted by atomic mass is 127. The van der Waals surface area contributed by atoms with E-state index in [1.165, 1.54) is 12.1 Å². The zero-order valence-corrected chi connectivity index (χ0v) is 16.8. The minimum atomic E-state index is -2.90. The number of rotatable bonds is 5. The van der Waals surface area contributed by atoms with E-state index < -0.39 is 21.5 Å². The predicted octanol–water partition coefficient (Wildman–Crippen LogP) is 2.22. The molecule has 2 aliphatic rings. The van der Waals surface area contributed by atoms with Crippen LogP contribution in [0.5, 0.6) is 0 Å². The van der Waals surface area contributed by atoms with Crippen LogP contribution < -0.4 is 10.6 Å². The van der Waals surface area contributed by atoms with Gasteiger partial charge in [0.2, 0.25) is 0 Å². The smallest absolute Gasteiger partial charge is 0.191 e. The molecular weight excluding hydrogens is 463 g/mol. The SMILES string of the molecule is I.O=S1(=O)CCC(CNC(=NCc2cc(F)cc(F)c2)NC2CC2)C1. The first-order chi connectivity index (χ1) is 11.4. The molecule has 9 heteroatoms. The van der Waals surface area contributed by atoms with Gasteiger partial charge in [-0.25, -0.2) is 22.2 Å². The molecule has 140 valence electrons. The van der Waals surface area contributed by atoms with Gasteiger partial charge in [0.05, 0.1) is 18.1 Å². The number of sulfone groups is 1. The summed E-state index contributed by atoms with van der Waals surface area (Å²) in [6.45, 7) is 0.676. The molecule has 1 aromatic carbocycles. The molecule has 5 nitrogen and oxygen atoms in total. The summed E-state index contributed by atoms with van der Waals surface area (Å²) in [4.78, 5) is 4.37. The van der Waals surface area contributed by atoms with Gasteiger partial charge in [-0.15, -0.1) is 24.0 Å². The highest BCUT2D eigenvalue weighted by Crippen LogP contribution is 2.19. The van der Waals surface area contributed by atoms with Crippen LogP contribution in [-0.2, 0) is 16.4 Å². The van der Waals surface area contributed by atoms with Crippen molar-refractivity contribution < 1.29 is 17.2 Å². The largest absolute Gasteiger partial charge is 0.356 e. The fourth-order valence-electron chi connectivity index (χ4n) is 2.72. The van der Waals surface area contributed by atoms with E-state index in [1.54, 1.807) is 0 Å². The van der Waals surface area contributed by atoms with Crippen molar-refractivity contribution in [2.45, 2.75) is 31.8 Å². The lowest BCUT2D eigenvalue weighted by atomic mass is 10.1. The zero-order valence-electron chi connectivity index (χ0n) is 13.7. The van der Waals surface area contributed by atoms with Crippen LogP contribution in [0.15, 0.2) is 23.2 Å². The van der Waals surface area contributed by atoms with Crippen LogP contribution in [0.25, 0.3) is 0 Å². The summed E-state index contributed by atoms with van der Waals surface area (Å²) in [6.07, 6.45) is 2.78. The van der Waals surface area contributed by atoms with E-state index in [1.807, 2.05) is 0 Å². The van der Waals surface area contributed by atoms with E-state index in [-0.39, 0.29) is 47.9 Å². The number of halogens is 3. The number of nitrogens with one attached hydrogen (secondary N) is 2. The van der Waals surface area contributed by atoms with E-state index in [2.05, 4.69) is 15.6 Å². The minimum absolute atomic E-state index is 0. The summed E-state index contributed by atoms with van der Waals surface area (Å²) in [5.41, 5.74) is 0.452. The number of aliphatic imine (C=N–C) groups is 1. The molecule has 1 heterocycles. The van der Waals surface area contributed by atoms with Crippen LogP contribution in [0.1, 0.15) is 24.8 Å². The van der Waals surface area contributed by atoms with Gasteiger partial charge in [0.15, 0.2) is 15.8 Å². The molecule has 2 N–H and O–H groups in total. The van der Waals surface area contributed by atoms with Crippen LogP contribution in [0, 0.1) is 17.6 Å². The van der Waals surface area contributed by atoms with Gasteiger partial charge in [-0.05, 0) is 42.9 Å². The normalized spacial score (nSPS) is 22.3. The maximum Gasteiger partial charge on any atom is 0.191 e. The number of hydrogen-bond acceptors (Lipinski definition) is 3. The molecule has 1 aliphatic heterocycles. The van der Waals surface area contributed by atoms with E-state index in [4.69, 9.17) is 0 Å². The first kappa shape index (κ1) is 20.3. The molecule has 0 bridgehead atoms. The van der Waals surface area contributed by atoms with Gasteiger partial charge in [0.25, 0.3) is 0 Å². The lowest BCUT2D eigenvalue weighted by molar-refractivity contribution is 0.566. The summed E-state index contributed by atoms with van der Waals surface area (Å²) >= 11 is 0. The molecule has 0 aromatic heterocycles. The van der Waals surface area contributed by atoms with E-state index in [0.717, 1.165) is 18.9 Å². The predicted molar refractivity (Wildman–Crippen MR) is 104 cm³/mol. The van der Waals surface area contributed by atoms with Crippen molar-refractivity contribution in [3.05, 3.63) is 35.4 Å². The molecular formula is C16H22F2IN3O2S. The van der Waals surface area contributed by atoms with Crippen LogP contribution >= 0.6 is 24.0 Å². The lowest BCUT2D eigenvalue weighted by Crippen LogP contribution is -2.41. The second-order valence-corrected chi connectivity index (χ2v) is 8.74. The molecule has 0 spiro atoms. The highest BCUT2D eigenvalue weighted by Gasteiger charge is 2.28. The molecule has 1 unspecified atom stereocenters. The molecule has 0 radical (unpaired) electrons. The standard InChI is InChI=1S/C16H21F2N3O2S.HI/c17-13-5-12(6-14(18)7-13)9-20-16(21-15-1-2-15)19-8-11-3-4-24(22,23)10-11;/h5-7,11,15H,1-4,8-10H2,(H2,19,20,21);1H. The van der Waals surface area contributed by atoms with Gasteiger partial charge in [-0.3, -0.25) is 0 Å². The van der Waals surface area contributed by atoms with Crippen molar-refractivity contribution in [3.8, 4) is 0 Å². The fraction of sp³-hybridized carbons (Fsp3) is 0.562. The Hall–Kier alpha value is -0.970. The Bertz CT molecular complexity index is 719. The third kappa shape index (κ3) is 6.69. The average molecular weight is 485 g/mol. The van der Waals surface area contributed by atoms with Gasteiger partial charge in [0.1, 0.15) is 11.6 Å². The highest BCUT2D eigenvalue weighted by molar-refractivity contribution is 14.0. The Morgan fingerprint density at radius 2 is 1.84 bits per heavy atom. The quantitative estimate of drug-likeness (QED) is 0.382. The molecule has 2 fully saturated rings. The Labute approximate surface area is 163 Å². The Morgan fingerprint density at radius 1 is 1.16 bits per heavy atom. The molecule has 1 atom stereocenters. The van der Waals surface area contributed by atoms with Crippen LogP contribution in [-0.4, -0.2) is 38.5 Å². The monoisotopic (exact) mass is 485 g/mol. The zero-order chi connectivity index (χ0) is 17.2. The third-order valence-electron chi connectivity index (χ3n) is 4.15. The van der Waals surface area contributed by atoms with Crippen molar-refractivity contribution in [3.63, 3.8) is 0 Å². The Balaban J connectivity index is 0.00000225. The van der Waals surface area contributed by atoms with Crippen LogP contribution in [0.4, 0.5) is 8.78 Å². The number of guanidine groups is 1. The first-order valence-electron chi connectivity index (χ1n) is 8.10. The topological polar surface area (TPSA) is 70.6 Å². The maximum atomic E-state index is 13.2. The van der Waals surface area contributed by atoms with Crippen molar-refractivity contribution in [1.29, 1.82) is 0 Å². The molecule has 1 aliphatic carbocycles. The second-order valence-electron chi connectivity index (χ2n) is 6.51. The van der Waals surface area contributed by atoms with Gasteiger partial charge >= 0.3 is 0 Å². The van der Waals surface area contributed by atoms with Crippen molar-refractivity contribution in [2.24, 2.45) is 10.9 Å². The van der Waals surface area contributed by atoms with Gasteiger partial charge in [0, 0.05) is 18.7 Å². The molecule has 1 saturated heterocycles. The van der Waals surface area contributed by atoms with Crippen molar-refractivity contribution >= 4 is 39.8 Å². The fourth-order valence-corrected chi connectivity index (χ4v) is 4.58.